The molecule has 0 aliphatic rings. The summed E-state index contributed by atoms with van der Waals surface area (Å²) in [6.07, 6.45) is 4.06. The van der Waals surface area contributed by atoms with Crippen LogP contribution < -0.4 is 0 Å². The van der Waals surface area contributed by atoms with Crippen molar-refractivity contribution in [1.82, 2.24) is 4.42 Å². The highest BCUT2D eigenvalue weighted by Gasteiger charge is 2.11. The van der Waals surface area contributed by atoms with Crippen LogP contribution in [0.3, 0.4) is 0 Å². The largest absolute Gasteiger partial charge is 0.448 e. The molecule has 0 bridgehead atoms. The first-order chi connectivity index (χ1) is 6.61. The SMILES string of the molecule is CCCCC(CC)COC(=O)N(C)Cl. The normalized spacial score (nSPS) is 12.3. The summed E-state index contributed by atoms with van der Waals surface area (Å²) in [6.45, 7) is 4.75. The van der Waals surface area contributed by atoms with Gasteiger partial charge in [0, 0.05) is 18.8 Å². The highest BCUT2D eigenvalue weighted by atomic mass is 35.5. The zero-order valence-corrected chi connectivity index (χ0v) is 10.0. The molecule has 0 saturated carbocycles. The molecule has 0 heterocycles. The highest BCUT2D eigenvalue weighted by molar-refractivity contribution is 6.19. The first-order valence-corrected chi connectivity index (χ1v) is 5.51. The van der Waals surface area contributed by atoms with Crippen LogP contribution in [0.1, 0.15) is 39.5 Å². The van der Waals surface area contributed by atoms with Gasteiger partial charge < -0.3 is 4.74 Å². The minimum atomic E-state index is -0.471. The fourth-order valence-electron chi connectivity index (χ4n) is 1.18. The van der Waals surface area contributed by atoms with Gasteiger partial charge in [-0.15, -0.1) is 0 Å². The number of halogens is 1. The van der Waals surface area contributed by atoms with E-state index in [2.05, 4.69) is 13.8 Å². The minimum absolute atomic E-state index is 0.468. The highest BCUT2D eigenvalue weighted by Crippen LogP contribution is 2.13. The average Bonchev–Trinajstić information content (AvgIpc) is 2.17. The van der Waals surface area contributed by atoms with Crippen LogP contribution in [0, 0.1) is 5.92 Å². The fourth-order valence-corrected chi connectivity index (χ4v) is 1.22. The van der Waals surface area contributed by atoms with Crippen LogP contribution in [0.4, 0.5) is 4.79 Å². The number of hydrogen-bond acceptors (Lipinski definition) is 2. The molecule has 0 aromatic carbocycles. The second kappa shape index (κ2) is 7.92. The van der Waals surface area contributed by atoms with Crippen molar-refractivity contribution >= 4 is 17.9 Å². The van der Waals surface area contributed by atoms with Crippen LogP contribution >= 0.6 is 11.8 Å². The van der Waals surface area contributed by atoms with Crippen LogP contribution in [0.5, 0.6) is 0 Å². The predicted octanol–water partition coefficient (Wildman–Crippen LogP) is 3.43. The summed E-state index contributed by atoms with van der Waals surface area (Å²) < 4.78 is 5.95. The van der Waals surface area contributed by atoms with Crippen LogP contribution in [-0.2, 0) is 4.74 Å². The van der Waals surface area contributed by atoms with Crippen molar-refractivity contribution in [2.24, 2.45) is 5.92 Å². The van der Waals surface area contributed by atoms with Gasteiger partial charge in [0.15, 0.2) is 0 Å². The molecule has 0 fully saturated rings. The summed E-state index contributed by atoms with van der Waals surface area (Å²) in [5.74, 6) is 0.468. The van der Waals surface area contributed by atoms with E-state index in [-0.39, 0.29) is 0 Å². The molecular weight excluding hydrogens is 202 g/mol. The Hall–Kier alpha value is -0.440. The van der Waals surface area contributed by atoms with Crippen molar-refractivity contribution in [1.29, 1.82) is 0 Å². The van der Waals surface area contributed by atoms with Gasteiger partial charge in [0.25, 0.3) is 0 Å². The zero-order valence-electron chi connectivity index (χ0n) is 9.25. The molecule has 0 aliphatic heterocycles. The number of hydrogen-bond donors (Lipinski definition) is 0. The Labute approximate surface area is 91.5 Å². The lowest BCUT2D eigenvalue weighted by molar-refractivity contribution is 0.109. The third-order valence-corrected chi connectivity index (χ3v) is 2.38. The molecule has 0 aromatic heterocycles. The van der Waals surface area contributed by atoms with Gasteiger partial charge >= 0.3 is 6.09 Å². The second-order valence-electron chi connectivity index (χ2n) is 3.47. The summed E-state index contributed by atoms with van der Waals surface area (Å²) in [5, 5.41) is 0. The van der Waals surface area contributed by atoms with E-state index in [1.54, 1.807) is 0 Å². The summed E-state index contributed by atoms with van der Waals surface area (Å²) in [5.41, 5.74) is 0. The number of unbranched alkanes of at least 4 members (excludes halogenated alkanes) is 1. The quantitative estimate of drug-likeness (QED) is 0.644. The van der Waals surface area contributed by atoms with Gasteiger partial charge in [-0.1, -0.05) is 33.1 Å². The van der Waals surface area contributed by atoms with E-state index < -0.39 is 6.09 Å². The molecule has 0 saturated heterocycles. The number of carbonyl (C=O) groups is 1. The number of carbonyl (C=O) groups excluding carboxylic acids is 1. The Bertz CT molecular complexity index is 162. The Balaban J connectivity index is 3.66. The molecule has 0 aliphatic carbocycles. The molecule has 14 heavy (non-hydrogen) atoms. The molecule has 1 atom stereocenters. The van der Waals surface area contributed by atoms with Gasteiger partial charge in [-0.05, 0) is 12.3 Å². The molecule has 0 rings (SSSR count). The number of rotatable bonds is 6. The van der Waals surface area contributed by atoms with Crippen LogP contribution in [0.2, 0.25) is 0 Å². The molecule has 0 aromatic rings. The van der Waals surface area contributed by atoms with Gasteiger partial charge in [0.05, 0.1) is 6.61 Å². The summed E-state index contributed by atoms with van der Waals surface area (Å²) >= 11 is 5.42. The van der Waals surface area contributed by atoms with Crippen LogP contribution in [-0.4, -0.2) is 24.2 Å². The van der Waals surface area contributed by atoms with E-state index in [1.165, 1.54) is 19.9 Å². The molecule has 0 radical (unpaired) electrons. The maximum absolute atomic E-state index is 11.0. The lowest BCUT2D eigenvalue weighted by Crippen LogP contribution is -2.21. The number of nitrogens with zero attached hydrogens (tertiary/aromatic N) is 1. The molecule has 1 unspecified atom stereocenters. The molecule has 4 heteroatoms. The summed E-state index contributed by atoms with van der Waals surface area (Å²) in [6, 6.07) is 0. The molecule has 1 amide bonds. The standard InChI is InChI=1S/C10H20ClNO2/c1-4-6-7-9(5-2)8-14-10(13)12(3)11/h9H,4-8H2,1-3H3. The van der Waals surface area contributed by atoms with Gasteiger partial charge in [-0.25, -0.2) is 9.21 Å². The van der Waals surface area contributed by atoms with Gasteiger partial charge in [0.1, 0.15) is 0 Å². The Kier molecular flexibility index (Phi) is 7.67. The number of amides is 1. The van der Waals surface area contributed by atoms with E-state index in [9.17, 15) is 4.79 Å². The van der Waals surface area contributed by atoms with E-state index in [0.29, 0.717) is 12.5 Å². The van der Waals surface area contributed by atoms with E-state index in [1.807, 2.05) is 0 Å². The Morgan fingerprint density at radius 1 is 1.50 bits per heavy atom. The average molecular weight is 222 g/mol. The predicted molar refractivity (Wildman–Crippen MR) is 58.3 cm³/mol. The van der Waals surface area contributed by atoms with Gasteiger partial charge in [-0.2, -0.15) is 0 Å². The Morgan fingerprint density at radius 2 is 2.14 bits per heavy atom. The lowest BCUT2D eigenvalue weighted by Gasteiger charge is -2.15. The van der Waals surface area contributed by atoms with Gasteiger partial charge in [-0.3, -0.25) is 0 Å². The van der Waals surface area contributed by atoms with Crippen LogP contribution in [0.25, 0.3) is 0 Å². The van der Waals surface area contributed by atoms with Crippen molar-refractivity contribution in [2.45, 2.75) is 39.5 Å². The Morgan fingerprint density at radius 3 is 2.57 bits per heavy atom. The topological polar surface area (TPSA) is 29.5 Å². The van der Waals surface area contributed by atoms with Crippen molar-refractivity contribution in [3.63, 3.8) is 0 Å². The van der Waals surface area contributed by atoms with Crippen molar-refractivity contribution < 1.29 is 9.53 Å². The monoisotopic (exact) mass is 221 g/mol. The van der Waals surface area contributed by atoms with Crippen molar-refractivity contribution in [2.75, 3.05) is 13.7 Å². The molecule has 0 N–H and O–H groups in total. The molecule has 0 spiro atoms. The zero-order chi connectivity index (χ0) is 11.0. The van der Waals surface area contributed by atoms with E-state index in [4.69, 9.17) is 16.5 Å². The maximum Gasteiger partial charge on any atom is 0.424 e. The van der Waals surface area contributed by atoms with E-state index >= 15 is 0 Å². The second-order valence-corrected chi connectivity index (χ2v) is 3.98. The molecule has 3 nitrogen and oxygen atoms in total. The maximum atomic E-state index is 11.0. The molecule has 84 valence electrons. The van der Waals surface area contributed by atoms with E-state index in [0.717, 1.165) is 17.3 Å². The van der Waals surface area contributed by atoms with Crippen LogP contribution in [0.15, 0.2) is 0 Å². The fraction of sp³-hybridized carbons (Fsp3) is 0.900. The van der Waals surface area contributed by atoms with Crippen molar-refractivity contribution in [3.05, 3.63) is 0 Å². The first-order valence-electron chi connectivity index (χ1n) is 5.18. The minimum Gasteiger partial charge on any atom is -0.448 e. The smallest absolute Gasteiger partial charge is 0.424 e. The van der Waals surface area contributed by atoms with Crippen molar-refractivity contribution in [3.8, 4) is 0 Å². The lowest BCUT2D eigenvalue weighted by atomic mass is 10.0. The number of ether oxygens (including phenoxy) is 1. The summed E-state index contributed by atoms with van der Waals surface area (Å²) in [7, 11) is 1.47. The molecular formula is C10H20ClNO2. The third-order valence-electron chi connectivity index (χ3n) is 2.24. The first kappa shape index (κ1) is 13.6. The third kappa shape index (κ3) is 6.08. The van der Waals surface area contributed by atoms with Gasteiger partial charge in [0.2, 0.25) is 0 Å². The summed E-state index contributed by atoms with van der Waals surface area (Å²) in [4.78, 5) is 11.0.